The van der Waals surface area contributed by atoms with Gasteiger partial charge in [0.2, 0.25) is 0 Å². The number of benzene rings is 1. The summed E-state index contributed by atoms with van der Waals surface area (Å²) in [5, 5.41) is 0. The second-order valence-electron chi connectivity index (χ2n) is 6.71. The van der Waals surface area contributed by atoms with Crippen molar-refractivity contribution in [2.45, 2.75) is 32.0 Å². The average Bonchev–Trinajstić information content (AvgIpc) is 3.09. The molecule has 1 amide bonds. The molecule has 0 radical (unpaired) electrons. The normalized spacial score (nSPS) is 15.5. The molecule has 26 heavy (non-hydrogen) atoms. The third kappa shape index (κ3) is 3.45. The summed E-state index contributed by atoms with van der Waals surface area (Å²) in [5.74, 6) is -0.0925. The summed E-state index contributed by atoms with van der Waals surface area (Å²) in [6, 6.07) is 12.1. The molecule has 0 spiro atoms. The van der Waals surface area contributed by atoms with Crippen molar-refractivity contribution in [3.8, 4) is 0 Å². The van der Waals surface area contributed by atoms with Gasteiger partial charge in [0.25, 0.3) is 5.91 Å². The van der Waals surface area contributed by atoms with Crippen molar-refractivity contribution in [3.05, 3.63) is 60.0 Å². The molecule has 3 heterocycles. The van der Waals surface area contributed by atoms with Crippen LogP contribution in [0, 0.1) is 0 Å². The molecule has 6 heteroatoms. The van der Waals surface area contributed by atoms with Crippen molar-refractivity contribution < 1.29 is 9.18 Å². The molecule has 1 saturated heterocycles. The van der Waals surface area contributed by atoms with E-state index >= 15 is 0 Å². The van der Waals surface area contributed by atoms with Gasteiger partial charge in [-0.2, -0.15) is 0 Å². The molecular formula is C20H21FN4O. The van der Waals surface area contributed by atoms with E-state index in [4.69, 9.17) is 0 Å². The van der Waals surface area contributed by atoms with Gasteiger partial charge in [0.1, 0.15) is 11.7 Å². The zero-order valence-electron chi connectivity index (χ0n) is 14.5. The second-order valence-corrected chi connectivity index (χ2v) is 6.71. The number of pyridine rings is 1. The fraction of sp³-hybridized carbons (Fsp3) is 0.350. The van der Waals surface area contributed by atoms with Gasteiger partial charge < -0.3 is 9.47 Å². The molecule has 4 rings (SSSR count). The SMILES string of the molecule is O=C(c1cnc2c(c1)ncn2CCc1ccccc1)N1CCC(F)CC1. The van der Waals surface area contributed by atoms with Crippen LogP contribution < -0.4 is 0 Å². The molecular weight excluding hydrogens is 331 g/mol. The number of nitrogens with zero attached hydrogens (tertiary/aromatic N) is 4. The highest BCUT2D eigenvalue weighted by atomic mass is 19.1. The van der Waals surface area contributed by atoms with E-state index in [9.17, 15) is 9.18 Å². The quantitative estimate of drug-likeness (QED) is 0.724. The minimum atomic E-state index is -0.792. The predicted molar refractivity (Wildman–Crippen MR) is 97.7 cm³/mol. The molecule has 0 atom stereocenters. The van der Waals surface area contributed by atoms with Gasteiger partial charge in [-0.25, -0.2) is 14.4 Å². The Labute approximate surface area is 151 Å². The minimum absolute atomic E-state index is 0.0925. The number of likely N-dealkylation sites (tertiary alicyclic amines) is 1. The molecule has 0 saturated carbocycles. The molecule has 5 nitrogen and oxygen atoms in total. The fourth-order valence-corrected chi connectivity index (χ4v) is 3.36. The van der Waals surface area contributed by atoms with Crippen LogP contribution in [0.4, 0.5) is 4.39 Å². The number of imidazole rings is 1. The summed E-state index contributed by atoms with van der Waals surface area (Å²) < 4.78 is 15.3. The summed E-state index contributed by atoms with van der Waals surface area (Å²) in [4.78, 5) is 23.2. The van der Waals surface area contributed by atoms with Gasteiger partial charge in [-0.3, -0.25) is 4.79 Å². The summed E-state index contributed by atoms with van der Waals surface area (Å²) in [5.41, 5.74) is 3.27. The number of hydrogen-bond donors (Lipinski definition) is 0. The Hall–Kier alpha value is -2.76. The Bertz CT molecular complexity index is 901. The van der Waals surface area contributed by atoms with Crippen LogP contribution >= 0.6 is 0 Å². The molecule has 0 bridgehead atoms. The van der Waals surface area contributed by atoms with Crippen LogP contribution in [0.2, 0.25) is 0 Å². The van der Waals surface area contributed by atoms with Gasteiger partial charge in [0, 0.05) is 25.8 Å². The molecule has 1 aromatic carbocycles. The lowest BCUT2D eigenvalue weighted by Crippen LogP contribution is -2.39. The topological polar surface area (TPSA) is 51.0 Å². The number of carbonyl (C=O) groups is 1. The first-order valence-corrected chi connectivity index (χ1v) is 8.99. The zero-order chi connectivity index (χ0) is 17.9. The number of hydrogen-bond acceptors (Lipinski definition) is 3. The number of alkyl halides is 1. The Kier molecular flexibility index (Phi) is 4.65. The number of rotatable bonds is 4. The van der Waals surface area contributed by atoms with E-state index in [1.807, 2.05) is 22.8 Å². The molecule has 0 unspecified atom stereocenters. The van der Waals surface area contributed by atoms with Gasteiger partial charge in [0.15, 0.2) is 5.65 Å². The maximum atomic E-state index is 13.3. The Morgan fingerprint density at radius 2 is 1.92 bits per heavy atom. The minimum Gasteiger partial charge on any atom is -0.338 e. The Morgan fingerprint density at radius 1 is 1.15 bits per heavy atom. The van der Waals surface area contributed by atoms with Crippen LogP contribution in [0.25, 0.3) is 11.2 Å². The van der Waals surface area contributed by atoms with Crippen LogP contribution in [-0.4, -0.2) is 44.6 Å². The third-order valence-electron chi connectivity index (χ3n) is 4.90. The summed E-state index contributed by atoms with van der Waals surface area (Å²) in [6.07, 6.45) is 4.30. The standard InChI is InChI=1S/C20H21FN4O/c21-17-7-10-24(11-8-17)20(26)16-12-18-19(22-13-16)25(14-23-18)9-6-15-4-2-1-3-5-15/h1-5,12-14,17H,6-11H2. The first-order chi connectivity index (χ1) is 12.7. The lowest BCUT2D eigenvalue weighted by Gasteiger charge is -2.28. The first kappa shape index (κ1) is 16.7. The van der Waals surface area contributed by atoms with Gasteiger partial charge >= 0.3 is 0 Å². The number of aryl methyl sites for hydroxylation is 2. The number of amides is 1. The van der Waals surface area contributed by atoms with Crippen molar-refractivity contribution in [1.82, 2.24) is 19.4 Å². The van der Waals surface area contributed by atoms with Gasteiger partial charge in [-0.1, -0.05) is 30.3 Å². The monoisotopic (exact) mass is 352 g/mol. The fourth-order valence-electron chi connectivity index (χ4n) is 3.36. The summed E-state index contributed by atoms with van der Waals surface area (Å²) in [7, 11) is 0. The van der Waals surface area contributed by atoms with Gasteiger partial charge in [-0.15, -0.1) is 0 Å². The lowest BCUT2D eigenvalue weighted by atomic mass is 10.1. The maximum Gasteiger partial charge on any atom is 0.255 e. The molecule has 1 fully saturated rings. The highest BCUT2D eigenvalue weighted by molar-refractivity contribution is 5.96. The highest BCUT2D eigenvalue weighted by Gasteiger charge is 2.23. The van der Waals surface area contributed by atoms with Crippen molar-refractivity contribution in [1.29, 1.82) is 0 Å². The van der Waals surface area contributed by atoms with Crippen LogP contribution in [0.15, 0.2) is 48.9 Å². The average molecular weight is 352 g/mol. The third-order valence-corrected chi connectivity index (χ3v) is 4.90. The van der Waals surface area contributed by atoms with Crippen molar-refractivity contribution in [2.24, 2.45) is 0 Å². The highest BCUT2D eigenvalue weighted by Crippen LogP contribution is 2.18. The molecule has 0 aliphatic carbocycles. The molecule has 0 N–H and O–H groups in total. The van der Waals surface area contributed by atoms with Crippen LogP contribution in [0.1, 0.15) is 28.8 Å². The number of carbonyl (C=O) groups excluding carboxylic acids is 1. The van der Waals surface area contributed by atoms with E-state index in [-0.39, 0.29) is 5.91 Å². The van der Waals surface area contributed by atoms with Crippen LogP contribution in [0.5, 0.6) is 0 Å². The summed E-state index contributed by atoms with van der Waals surface area (Å²) >= 11 is 0. The van der Waals surface area contributed by atoms with Crippen LogP contribution in [0.3, 0.4) is 0 Å². The van der Waals surface area contributed by atoms with Crippen molar-refractivity contribution >= 4 is 17.1 Å². The first-order valence-electron chi connectivity index (χ1n) is 8.99. The molecule has 134 valence electrons. The molecule has 2 aromatic heterocycles. The number of piperidine rings is 1. The zero-order valence-corrected chi connectivity index (χ0v) is 14.5. The van der Waals surface area contributed by atoms with Crippen LogP contribution in [-0.2, 0) is 13.0 Å². The van der Waals surface area contributed by atoms with Crippen molar-refractivity contribution in [2.75, 3.05) is 13.1 Å². The maximum absolute atomic E-state index is 13.3. The number of halogens is 1. The van der Waals surface area contributed by atoms with E-state index < -0.39 is 6.17 Å². The van der Waals surface area contributed by atoms with E-state index in [0.717, 1.165) is 18.6 Å². The molecule has 1 aliphatic heterocycles. The molecule has 3 aromatic rings. The number of fused-ring (bicyclic) bond motifs is 1. The number of aromatic nitrogens is 3. The summed E-state index contributed by atoms with van der Waals surface area (Å²) in [6.45, 7) is 1.71. The van der Waals surface area contributed by atoms with E-state index in [1.54, 1.807) is 23.5 Å². The Morgan fingerprint density at radius 3 is 2.69 bits per heavy atom. The van der Waals surface area contributed by atoms with Gasteiger partial charge in [0.05, 0.1) is 11.9 Å². The van der Waals surface area contributed by atoms with E-state index in [2.05, 4.69) is 22.1 Å². The largest absolute Gasteiger partial charge is 0.338 e. The molecule has 1 aliphatic rings. The van der Waals surface area contributed by atoms with E-state index in [1.165, 1.54) is 5.56 Å². The smallest absolute Gasteiger partial charge is 0.255 e. The van der Waals surface area contributed by atoms with E-state index in [0.29, 0.717) is 37.0 Å². The second kappa shape index (κ2) is 7.23. The lowest BCUT2D eigenvalue weighted by molar-refractivity contribution is 0.0666. The Balaban J connectivity index is 1.49. The predicted octanol–water partition coefficient (Wildman–Crippen LogP) is 3.25. The van der Waals surface area contributed by atoms with Crippen molar-refractivity contribution in [3.63, 3.8) is 0 Å². The van der Waals surface area contributed by atoms with Gasteiger partial charge in [-0.05, 0) is 30.9 Å².